The molecule has 2 atom stereocenters. The van der Waals surface area contributed by atoms with Crippen LogP contribution in [0.2, 0.25) is 0 Å². The van der Waals surface area contributed by atoms with Crippen molar-refractivity contribution in [1.29, 1.82) is 0 Å². The number of rotatable bonds is 14. The van der Waals surface area contributed by atoms with Gasteiger partial charge < -0.3 is 24.2 Å². The molecule has 2 saturated heterocycles. The second-order valence-electron chi connectivity index (χ2n) is 20.8. The molecule has 16 heteroatoms. The van der Waals surface area contributed by atoms with Crippen molar-refractivity contribution in [2.45, 2.75) is 90.2 Å². The van der Waals surface area contributed by atoms with Crippen molar-refractivity contribution in [3.05, 3.63) is 125 Å². The van der Waals surface area contributed by atoms with E-state index in [1.807, 2.05) is 92.8 Å². The molecular formula is C58H63N9O6S. The highest BCUT2D eigenvalue weighted by molar-refractivity contribution is 7.22. The molecule has 15 nitrogen and oxygen atoms in total. The summed E-state index contributed by atoms with van der Waals surface area (Å²) in [4.78, 5) is 72.2. The van der Waals surface area contributed by atoms with Gasteiger partial charge in [0.1, 0.15) is 11.6 Å². The number of amides is 3. The Bertz CT molecular complexity index is 3250. The number of carbonyl (C=O) groups is 4. The third kappa shape index (κ3) is 10.2. The molecule has 6 heterocycles. The van der Waals surface area contributed by atoms with E-state index in [0.717, 1.165) is 119 Å². The summed E-state index contributed by atoms with van der Waals surface area (Å²) in [6.45, 7) is 10.3. The smallest absolute Gasteiger partial charge is 0.355 e. The Morgan fingerprint density at radius 1 is 0.838 bits per heavy atom. The second kappa shape index (κ2) is 21.0. The van der Waals surface area contributed by atoms with Gasteiger partial charge in [-0.15, -0.1) is 0 Å². The van der Waals surface area contributed by atoms with Crippen LogP contribution < -0.4 is 25.2 Å². The molecule has 0 radical (unpaired) electrons. The van der Waals surface area contributed by atoms with E-state index in [1.54, 1.807) is 0 Å². The number of anilines is 3. The number of imidazole rings is 1. The average Bonchev–Trinajstić information content (AvgIpc) is 3.98. The van der Waals surface area contributed by atoms with Crippen molar-refractivity contribution in [2.75, 3.05) is 54.4 Å². The lowest BCUT2D eigenvalue weighted by Crippen LogP contribution is -2.48. The quantitative estimate of drug-likeness (QED) is 0.0882. The molecule has 382 valence electrons. The highest BCUT2D eigenvalue weighted by atomic mass is 32.1. The molecule has 1 unspecified atom stereocenters. The van der Waals surface area contributed by atoms with Gasteiger partial charge in [-0.3, -0.25) is 29.9 Å². The summed E-state index contributed by atoms with van der Waals surface area (Å²) in [6.07, 6.45) is 8.35. The van der Waals surface area contributed by atoms with Crippen molar-refractivity contribution in [2.24, 2.45) is 18.9 Å². The van der Waals surface area contributed by atoms with Gasteiger partial charge in [0, 0.05) is 70.4 Å². The van der Waals surface area contributed by atoms with Gasteiger partial charge in [-0.05, 0) is 140 Å². The van der Waals surface area contributed by atoms with E-state index in [4.69, 9.17) is 14.7 Å². The molecule has 3 fully saturated rings. The number of thiazole rings is 1. The number of carboxylic acids is 1. The van der Waals surface area contributed by atoms with Crippen LogP contribution in [0.3, 0.4) is 0 Å². The van der Waals surface area contributed by atoms with Crippen LogP contribution in [0.15, 0.2) is 91.0 Å². The van der Waals surface area contributed by atoms with Gasteiger partial charge in [0.2, 0.25) is 17.8 Å². The second-order valence-corrected chi connectivity index (χ2v) is 21.8. The topological polar surface area (TPSA) is 175 Å². The molecule has 4 aliphatic rings. The lowest BCUT2D eigenvalue weighted by molar-refractivity contribution is -0.134. The zero-order chi connectivity index (χ0) is 51.0. The number of piperidine rings is 1. The van der Waals surface area contributed by atoms with Gasteiger partial charge in [-0.1, -0.05) is 67.1 Å². The number of aromatic carboxylic acids is 1. The van der Waals surface area contributed by atoms with E-state index < -0.39 is 5.97 Å². The Balaban J connectivity index is 0.658. The number of piperazine rings is 1. The third-order valence-electron chi connectivity index (χ3n) is 15.9. The van der Waals surface area contributed by atoms with Crippen LogP contribution in [0.1, 0.15) is 107 Å². The Morgan fingerprint density at radius 2 is 1.65 bits per heavy atom. The van der Waals surface area contributed by atoms with Gasteiger partial charge >= 0.3 is 5.97 Å². The minimum absolute atomic E-state index is 0.0183. The number of nitrogens with zero attached hydrogens (tertiary/aromatic N) is 7. The SMILES string of the molecule is Cc1c(OC2CCC(CC[C@H](C)CN3CCN(c4nc5ccc(C6CCC(=O)NC6=O)cc5n4C)CC3)CC2)cccc1-c1ccc(N2CCc3cccc(C(=O)Nc4nc5ccccc5s4)c3C2)nc1C(=O)O. The third-order valence-corrected chi connectivity index (χ3v) is 16.9. The number of carboxylic acid groups (broad SMARTS) is 1. The van der Waals surface area contributed by atoms with Gasteiger partial charge in [0.25, 0.3) is 5.91 Å². The molecule has 11 rings (SSSR count). The molecule has 0 bridgehead atoms. The van der Waals surface area contributed by atoms with Gasteiger partial charge in [0.05, 0.1) is 33.3 Å². The zero-order valence-corrected chi connectivity index (χ0v) is 43.1. The summed E-state index contributed by atoms with van der Waals surface area (Å²) in [6, 6.07) is 29.3. The standard InChI is InChI=1S/C58H63N9O6S/c1-35(33-65-28-30-66(31-29-65)58-60-46-23-18-39(32-48(46)64(58)3)42-22-25-52(68)62-54(42)69)14-15-37-16-19-40(20-17-37)73-49-12-7-9-41(36(49)2)43-21-24-51(61-53(43)56(71)72)67-27-26-38-8-6-10-44(45(38)34-67)55(70)63-57-59-47-11-4-5-13-50(47)74-57/h4-13,18,21,23-24,32,35,37,40,42H,14-17,19-20,22,25-31,33-34H2,1-3H3,(H,71,72)(H,59,63,70)(H,62,68,69)/t35-,37?,40?,42?/m0/s1. The Kier molecular flexibility index (Phi) is 13.9. The molecule has 4 aromatic carbocycles. The van der Waals surface area contributed by atoms with Crippen LogP contribution in [0.4, 0.5) is 16.9 Å². The zero-order valence-electron chi connectivity index (χ0n) is 42.3. The van der Waals surface area contributed by atoms with E-state index in [1.165, 1.54) is 24.2 Å². The van der Waals surface area contributed by atoms with Crippen LogP contribution in [0.25, 0.3) is 32.4 Å². The lowest BCUT2D eigenvalue weighted by Gasteiger charge is -2.36. The Hall–Kier alpha value is -7.17. The summed E-state index contributed by atoms with van der Waals surface area (Å²) in [5.41, 5.74) is 8.44. The van der Waals surface area contributed by atoms with Gasteiger partial charge in [-0.2, -0.15) is 0 Å². The average molecular weight is 1010 g/mol. The van der Waals surface area contributed by atoms with Crippen LogP contribution in [0.5, 0.6) is 5.75 Å². The van der Waals surface area contributed by atoms with Crippen molar-refractivity contribution in [3.8, 4) is 16.9 Å². The molecule has 74 heavy (non-hydrogen) atoms. The van der Waals surface area contributed by atoms with Crippen LogP contribution >= 0.6 is 11.3 Å². The normalized spacial score (nSPS) is 19.9. The van der Waals surface area contributed by atoms with Crippen molar-refractivity contribution in [1.82, 2.24) is 29.7 Å². The number of para-hydroxylation sites is 1. The number of aromatic nitrogens is 4. The maximum absolute atomic E-state index is 13.7. The molecule has 7 aromatic rings. The highest BCUT2D eigenvalue weighted by Gasteiger charge is 2.31. The molecule has 3 aliphatic heterocycles. The number of benzene rings is 4. The molecule has 3 aromatic heterocycles. The minimum atomic E-state index is -1.10. The summed E-state index contributed by atoms with van der Waals surface area (Å²) in [5, 5.41) is 16.6. The first-order valence-electron chi connectivity index (χ1n) is 26.2. The van der Waals surface area contributed by atoms with E-state index in [0.29, 0.717) is 66.3 Å². The Morgan fingerprint density at radius 3 is 2.45 bits per heavy atom. The maximum Gasteiger partial charge on any atom is 0.355 e. The first-order chi connectivity index (χ1) is 35.9. The maximum atomic E-state index is 13.7. The predicted octanol–water partition coefficient (Wildman–Crippen LogP) is 9.76. The largest absolute Gasteiger partial charge is 0.490 e. The van der Waals surface area contributed by atoms with Crippen LogP contribution in [-0.4, -0.2) is 98.6 Å². The highest BCUT2D eigenvalue weighted by Crippen LogP contribution is 2.38. The number of carbonyl (C=O) groups excluding carboxylic acids is 3. The van der Waals surface area contributed by atoms with Crippen molar-refractivity contribution in [3.63, 3.8) is 0 Å². The molecule has 1 saturated carbocycles. The lowest BCUT2D eigenvalue weighted by atomic mass is 9.83. The first kappa shape index (κ1) is 49.1. The molecule has 3 N–H and O–H groups in total. The first-order valence-corrected chi connectivity index (χ1v) is 27.0. The van der Waals surface area contributed by atoms with Crippen LogP contribution in [-0.2, 0) is 29.6 Å². The number of pyridine rings is 1. The minimum Gasteiger partial charge on any atom is -0.490 e. The van der Waals surface area contributed by atoms with Crippen molar-refractivity contribution < 1.29 is 29.0 Å². The summed E-state index contributed by atoms with van der Waals surface area (Å²) < 4.78 is 9.85. The van der Waals surface area contributed by atoms with E-state index in [9.17, 15) is 24.3 Å². The van der Waals surface area contributed by atoms with Gasteiger partial charge in [-0.25, -0.2) is 19.7 Å². The number of nitrogens with one attached hydrogen (secondary N) is 2. The monoisotopic (exact) mass is 1010 g/mol. The molecule has 3 amide bonds. The number of hydrogen-bond donors (Lipinski definition) is 3. The van der Waals surface area contributed by atoms with E-state index >= 15 is 0 Å². The van der Waals surface area contributed by atoms with Crippen LogP contribution in [0, 0.1) is 18.8 Å². The molecule has 1 aliphatic carbocycles. The molecule has 0 spiro atoms. The van der Waals surface area contributed by atoms with Crippen molar-refractivity contribution >= 4 is 73.2 Å². The number of imide groups is 1. The summed E-state index contributed by atoms with van der Waals surface area (Å²) >= 11 is 1.44. The number of ether oxygens (including phenoxy) is 1. The Labute approximate surface area is 435 Å². The summed E-state index contributed by atoms with van der Waals surface area (Å²) in [5.74, 6) is 1.49. The number of aryl methyl sites for hydroxylation is 1. The summed E-state index contributed by atoms with van der Waals surface area (Å²) in [7, 11) is 2.05. The number of hydrogen-bond acceptors (Lipinski definition) is 12. The van der Waals surface area contributed by atoms with E-state index in [-0.39, 0.29) is 35.4 Å². The molecular weight excluding hydrogens is 951 g/mol. The fourth-order valence-corrected chi connectivity index (χ4v) is 12.6. The van der Waals surface area contributed by atoms with Gasteiger partial charge in [0.15, 0.2) is 10.8 Å². The number of fused-ring (bicyclic) bond motifs is 3. The van der Waals surface area contributed by atoms with E-state index in [2.05, 4.69) is 53.9 Å². The fourth-order valence-electron chi connectivity index (χ4n) is 11.7. The predicted molar refractivity (Wildman–Crippen MR) is 289 cm³/mol. The fraction of sp³-hybridized carbons (Fsp3) is 0.397.